The molecule has 2 aliphatic carbocycles. The zero-order valence-corrected chi connectivity index (χ0v) is 36.6. The van der Waals surface area contributed by atoms with E-state index in [4.69, 9.17) is 9.47 Å². The molecule has 1 atom stereocenters. The van der Waals surface area contributed by atoms with Crippen molar-refractivity contribution in [3.05, 3.63) is 81.9 Å². The summed E-state index contributed by atoms with van der Waals surface area (Å²) >= 11 is 1.33. The molecule has 18 heteroatoms. The van der Waals surface area contributed by atoms with E-state index in [0.29, 0.717) is 39.4 Å². The first-order valence-corrected chi connectivity index (χ1v) is 22.9. The third kappa shape index (κ3) is 7.86. The van der Waals surface area contributed by atoms with Crippen LogP contribution in [0, 0.1) is 28.4 Å². The van der Waals surface area contributed by atoms with Gasteiger partial charge in [-0.25, -0.2) is 22.9 Å². The first-order valence-electron chi connectivity index (χ1n) is 22.1. The number of piperidine rings is 1. The number of urea groups is 1. The summed E-state index contributed by atoms with van der Waals surface area (Å²) in [5.41, 5.74) is 2.39. The fourth-order valence-corrected chi connectivity index (χ4v) is 11.5. The Morgan fingerprint density at radius 1 is 0.938 bits per heavy atom. The minimum absolute atomic E-state index is 0.0231. The van der Waals surface area contributed by atoms with Crippen LogP contribution in [0.4, 0.5) is 25.1 Å². The van der Waals surface area contributed by atoms with Crippen LogP contribution in [0.25, 0.3) is 21.8 Å². The number of hydrogen-bond acceptors (Lipinski definition) is 12. The average Bonchev–Trinajstić information content (AvgIpc) is 3.89. The second-order valence-corrected chi connectivity index (χ2v) is 19.0. The van der Waals surface area contributed by atoms with E-state index in [2.05, 4.69) is 35.4 Å². The number of carbonyl (C=O) groups is 2. The van der Waals surface area contributed by atoms with Crippen molar-refractivity contribution in [3.63, 3.8) is 0 Å². The minimum atomic E-state index is -0.687. The highest BCUT2D eigenvalue weighted by Crippen LogP contribution is 2.55. The van der Waals surface area contributed by atoms with E-state index in [-0.39, 0.29) is 70.8 Å². The number of rotatable bonds is 10. The number of aromatic nitrogens is 4. The number of halogens is 2. The number of imide groups is 1. The van der Waals surface area contributed by atoms with Gasteiger partial charge in [-0.3, -0.25) is 29.1 Å². The van der Waals surface area contributed by atoms with Crippen molar-refractivity contribution in [1.29, 1.82) is 5.26 Å². The van der Waals surface area contributed by atoms with Crippen LogP contribution in [0.2, 0.25) is 0 Å². The number of likely N-dealkylation sites (tertiary alicyclic amines) is 1. The van der Waals surface area contributed by atoms with Gasteiger partial charge in [0.15, 0.2) is 17.4 Å². The van der Waals surface area contributed by atoms with Gasteiger partial charge in [0.05, 0.1) is 34.5 Å². The normalized spacial score (nSPS) is 23.1. The van der Waals surface area contributed by atoms with E-state index in [1.807, 2.05) is 6.07 Å². The molecule has 1 spiro atoms. The van der Waals surface area contributed by atoms with Gasteiger partial charge in [-0.1, -0.05) is 0 Å². The number of benzene rings is 3. The highest BCUT2D eigenvalue weighted by atomic mass is 32.2. The molecule has 2 saturated carbocycles. The smallest absolute Gasteiger partial charge is 0.329 e. The number of methoxy groups -OCH3 is 1. The Balaban J connectivity index is 0.749. The Labute approximate surface area is 372 Å². The minimum Gasteiger partial charge on any atom is -0.453 e. The Morgan fingerprint density at radius 3 is 2.47 bits per heavy atom. The molecule has 5 aromatic rings. The Morgan fingerprint density at radius 2 is 1.73 bits per heavy atom. The molecule has 0 radical (unpaired) electrons. The van der Waals surface area contributed by atoms with Gasteiger partial charge in [-0.2, -0.15) is 10.4 Å². The number of hydrogen-bond donors (Lipinski definition) is 2. The van der Waals surface area contributed by atoms with Crippen LogP contribution in [0.1, 0.15) is 87.3 Å². The maximum atomic E-state index is 15.8. The monoisotopic (exact) mass is 892 g/mol. The molecule has 3 amide bonds. The summed E-state index contributed by atoms with van der Waals surface area (Å²) in [6.45, 7) is 3.72. The highest BCUT2D eigenvalue weighted by Gasteiger charge is 2.48. The summed E-state index contributed by atoms with van der Waals surface area (Å²) in [4.78, 5) is 46.8. The van der Waals surface area contributed by atoms with Crippen LogP contribution in [0.3, 0.4) is 0 Å². The predicted octanol–water partition coefficient (Wildman–Crippen LogP) is 7.51. The van der Waals surface area contributed by atoms with Crippen LogP contribution in [-0.4, -0.2) is 92.5 Å². The highest BCUT2D eigenvalue weighted by molar-refractivity contribution is 7.98. The Bertz CT molecular complexity index is 2750. The van der Waals surface area contributed by atoms with Crippen LogP contribution in [0.15, 0.2) is 53.6 Å². The van der Waals surface area contributed by atoms with Gasteiger partial charge in [0.1, 0.15) is 23.2 Å². The van der Waals surface area contributed by atoms with Crippen LogP contribution in [-0.2, 0) is 16.6 Å². The molecule has 0 bridgehead atoms. The molecule has 3 aromatic carbocycles. The summed E-state index contributed by atoms with van der Waals surface area (Å²) in [5.74, 6) is -0.845. The lowest BCUT2D eigenvalue weighted by atomic mass is 9.60. The second kappa shape index (κ2) is 17.1. The van der Waals surface area contributed by atoms with Crippen molar-refractivity contribution in [2.45, 2.75) is 88.3 Å². The molecule has 1 unspecified atom stereocenters. The van der Waals surface area contributed by atoms with Gasteiger partial charge in [-0.15, -0.1) is 0 Å². The third-order valence-electron chi connectivity index (χ3n) is 14.4. The van der Waals surface area contributed by atoms with E-state index < -0.39 is 11.8 Å². The molecule has 3 saturated heterocycles. The standard InChI is InChI=1S/C46H50F2N10O5S/c1-54-40-21-32(37(48)20-34(40)43(52-54)57-16-12-41(59)51-45(57)61)27-3-5-28(6-4-27)55-17-13-46(14-18-55)22-29(23-46)58-26-50-38-9-7-30(19-33(38)44(58)60)63-42-35(24-49)39(10-8-36(42)47)53-64-56-15-11-31(25-56)62-2/h7-10,19-21,26-29,31,53H,3-6,11-18,22-23,25H2,1-2H3,(H,51,59,61). The van der Waals surface area contributed by atoms with Gasteiger partial charge in [0.25, 0.3) is 5.56 Å². The summed E-state index contributed by atoms with van der Waals surface area (Å²) in [5, 5.41) is 17.8. The number of nitriles is 1. The van der Waals surface area contributed by atoms with Crippen LogP contribution >= 0.6 is 12.1 Å². The summed E-state index contributed by atoms with van der Waals surface area (Å²) in [7, 11) is 3.48. The fourth-order valence-electron chi connectivity index (χ4n) is 10.7. The van der Waals surface area contributed by atoms with Crippen LogP contribution in [0.5, 0.6) is 11.5 Å². The largest absolute Gasteiger partial charge is 0.453 e. The van der Waals surface area contributed by atoms with E-state index in [1.165, 1.54) is 35.2 Å². The van der Waals surface area contributed by atoms with E-state index in [0.717, 1.165) is 89.5 Å². The molecule has 2 N–H and O–H groups in total. The van der Waals surface area contributed by atoms with E-state index in [1.54, 1.807) is 47.9 Å². The lowest BCUT2D eigenvalue weighted by Gasteiger charge is -2.54. The van der Waals surface area contributed by atoms with Crippen molar-refractivity contribution in [2.24, 2.45) is 12.5 Å². The zero-order chi connectivity index (χ0) is 44.3. The van der Waals surface area contributed by atoms with Gasteiger partial charge >= 0.3 is 6.03 Å². The molecular formula is C46H50F2N10O5S. The number of anilines is 2. The topological polar surface area (TPSA) is 163 Å². The molecule has 5 heterocycles. The van der Waals surface area contributed by atoms with E-state index >= 15 is 8.78 Å². The number of aryl methyl sites for hydroxylation is 1. The number of fused-ring (bicyclic) bond motifs is 2. The first kappa shape index (κ1) is 42.3. The zero-order valence-electron chi connectivity index (χ0n) is 35.8. The molecule has 2 aromatic heterocycles. The van der Waals surface area contributed by atoms with Crippen molar-refractivity contribution in [2.75, 3.05) is 49.5 Å². The van der Waals surface area contributed by atoms with Crippen molar-refractivity contribution in [3.8, 4) is 17.6 Å². The summed E-state index contributed by atoms with van der Waals surface area (Å²) in [6.07, 6.45) is 10.5. The Hall–Kier alpha value is -5.61. The Kier molecular flexibility index (Phi) is 11.3. The van der Waals surface area contributed by atoms with Crippen LogP contribution < -0.4 is 25.2 Å². The first-order chi connectivity index (χ1) is 31.0. The number of nitrogens with zero attached hydrogens (tertiary/aromatic N) is 8. The van der Waals surface area contributed by atoms with Gasteiger partial charge in [0.2, 0.25) is 5.91 Å². The lowest BCUT2D eigenvalue weighted by Crippen LogP contribution is -2.51. The molecule has 5 fully saturated rings. The summed E-state index contributed by atoms with van der Waals surface area (Å²) in [6, 6.07) is 13.1. The molecule has 334 valence electrons. The maximum absolute atomic E-state index is 15.8. The van der Waals surface area contributed by atoms with Gasteiger partial charge < -0.3 is 19.1 Å². The average molecular weight is 893 g/mol. The van der Waals surface area contributed by atoms with Crippen molar-refractivity contribution >= 4 is 57.4 Å². The van der Waals surface area contributed by atoms with Gasteiger partial charge in [-0.05, 0) is 130 Å². The van der Waals surface area contributed by atoms with Crippen molar-refractivity contribution < 1.29 is 27.8 Å². The van der Waals surface area contributed by atoms with E-state index in [9.17, 15) is 19.6 Å². The van der Waals surface area contributed by atoms with Crippen molar-refractivity contribution in [1.82, 2.24) is 33.9 Å². The van der Waals surface area contributed by atoms with Gasteiger partial charge in [0, 0.05) is 69.8 Å². The number of ether oxygens (including phenoxy) is 2. The summed E-state index contributed by atoms with van der Waals surface area (Å²) < 4.78 is 51.1. The maximum Gasteiger partial charge on any atom is 0.329 e. The quantitative estimate of drug-likeness (QED) is 0.133. The molecule has 5 aliphatic rings. The molecule has 64 heavy (non-hydrogen) atoms. The SMILES string of the molecule is COC1CCN(SNc2ccc(F)c(Oc3ccc4ncn(C5CC6(CCN(C7CCC(c8cc9c(cc8F)c(N8CCC(=O)NC8=O)nn9C)CC7)CC6)C5)c(=O)c4c3)c2C#N)C1. The lowest BCUT2D eigenvalue weighted by molar-refractivity contribution is -0.120. The molecular weight excluding hydrogens is 843 g/mol. The molecule has 3 aliphatic heterocycles. The second-order valence-electron chi connectivity index (χ2n) is 18.1. The fraction of sp³-hybridized carbons (Fsp3) is 0.478. The number of carbonyl (C=O) groups excluding carboxylic acids is 2. The molecule has 10 rings (SSSR count). The number of amides is 3. The predicted molar refractivity (Wildman–Crippen MR) is 238 cm³/mol. The molecule has 15 nitrogen and oxygen atoms in total. The third-order valence-corrected chi connectivity index (χ3v) is 15.3. The number of nitrogens with one attached hydrogen (secondary N) is 2.